The van der Waals surface area contributed by atoms with Crippen molar-refractivity contribution >= 4 is 39.5 Å². The number of allylic oxidation sites excluding steroid dienone is 4. The highest BCUT2D eigenvalue weighted by molar-refractivity contribution is 7.47. The zero-order valence-electron chi connectivity index (χ0n) is 54.5. The molecule has 85 heavy (non-hydrogen) atoms. The van der Waals surface area contributed by atoms with Crippen molar-refractivity contribution in [3.8, 4) is 0 Å². The summed E-state index contributed by atoms with van der Waals surface area (Å²) >= 11 is 0. The van der Waals surface area contributed by atoms with Crippen LogP contribution < -0.4 is 0 Å². The van der Waals surface area contributed by atoms with E-state index >= 15 is 0 Å². The number of aliphatic hydroxyl groups excluding tert-OH is 1. The molecular weight excluding hydrogens is 1130 g/mol. The number of phosphoric ester groups is 2. The number of carbonyl (C=O) groups is 4. The fourth-order valence-electron chi connectivity index (χ4n) is 9.23. The van der Waals surface area contributed by atoms with Crippen LogP contribution in [0.2, 0.25) is 0 Å². The van der Waals surface area contributed by atoms with Crippen molar-refractivity contribution in [1.29, 1.82) is 0 Å². The van der Waals surface area contributed by atoms with E-state index in [1.807, 2.05) is 0 Å². The molecule has 17 nitrogen and oxygen atoms in total. The lowest BCUT2D eigenvalue weighted by Crippen LogP contribution is -2.30. The van der Waals surface area contributed by atoms with Crippen molar-refractivity contribution in [2.45, 2.75) is 317 Å². The minimum Gasteiger partial charge on any atom is -0.462 e. The number of hydrogen-bond donors (Lipinski definition) is 3. The van der Waals surface area contributed by atoms with E-state index in [1.165, 1.54) is 83.5 Å². The Bertz CT molecular complexity index is 1780. The van der Waals surface area contributed by atoms with Crippen LogP contribution in [-0.4, -0.2) is 96.7 Å². The fourth-order valence-corrected chi connectivity index (χ4v) is 10.8. The SMILES string of the molecule is CCCCCC/C=C\C=C/CCCCCCCC(=O)O[C@H](COC(=O)CCCCCCCCC(C)CC)COP(=O)(O)OCC(O)COP(=O)(O)OC[C@@H](COC(=O)CCCCCCCCCC(C)C)OC(=O)CCCCCCCCC(C)CC. The normalized spacial score (nSPS) is 15.1. The Morgan fingerprint density at radius 1 is 0.388 bits per heavy atom. The standard InChI is InChI=1S/C66H124O17P2/c1-8-11-12-13-14-15-16-17-18-19-20-21-24-35-42-49-65(70)82-61(54-77-64(69)48-41-34-28-26-31-38-45-58(6)9-2)55-80-84(72,73)78-51-60(67)52-79-85(74,75)81-56-62(83-66(71)50-43-36-29-27-32-39-46-59(7)10-3)53-76-63(68)47-40-33-25-22-23-30-37-44-57(4)5/h15-18,57-62,67H,8-14,19-56H2,1-7H3,(H,72,73)(H,74,75)/b16-15-,18-17-/t58?,59?,60?,61-,62-/m1/s1. The molecule has 0 fully saturated rings. The van der Waals surface area contributed by atoms with Gasteiger partial charge in [-0.05, 0) is 69.1 Å². The molecule has 0 aromatic carbocycles. The molecule has 0 radical (unpaired) electrons. The van der Waals surface area contributed by atoms with Crippen LogP contribution in [0.4, 0.5) is 0 Å². The van der Waals surface area contributed by atoms with E-state index in [2.05, 4.69) is 72.8 Å². The number of aliphatic hydroxyl groups is 1. The number of esters is 4. The van der Waals surface area contributed by atoms with Crippen molar-refractivity contribution < 1.29 is 80.2 Å². The topological polar surface area (TPSA) is 237 Å². The highest BCUT2D eigenvalue weighted by Gasteiger charge is 2.30. The lowest BCUT2D eigenvalue weighted by Gasteiger charge is -2.21. The van der Waals surface area contributed by atoms with Crippen molar-refractivity contribution in [1.82, 2.24) is 0 Å². The molecule has 0 saturated carbocycles. The number of unbranched alkanes of at least 4 members (excludes halogenated alkanes) is 25. The summed E-state index contributed by atoms with van der Waals surface area (Å²) in [7, 11) is -9.91. The second kappa shape index (κ2) is 56.8. The van der Waals surface area contributed by atoms with Gasteiger partial charge in [-0.25, -0.2) is 9.13 Å². The number of rotatable bonds is 62. The van der Waals surface area contributed by atoms with E-state index in [4.69, 9.17) is 37.0 Å². The van der Waals surface area contributed by atoms with E-state index in [0.29, 0.717) is 31.6 Å². The Morgan fingerprint density at radius 2 is 0.694 bits per heavy atom. The molecule has 0 aromatic rings. The molecule has 0 aliphatic carbocycles. The summed E-state index contributed by atoms with van der Waals surface area (Å²) < 4.78 is 68.0. The predicted octanol–water partition coefficient (Wildman–Crippen LogP) is 17.8. The van der Waals surface area contributed by atoms with Crippen molar-refractivity contribution in [3.05, 3.63) is 24.3 Å². The monoisotopic (exact) mass is 1250 g/mol. The fraction of sp³-hybridized carbons (Fsp3) is 0.879. The van der Waals surface area contributed by atoms with E-state index < -0.39 is 97.5 Å². The maximum atomic E-state index is 13.0. The number of hydrogen-bond acceptors (Lipinski definition) is 15. The highest BCUT2D eigenvalue weighted by Crippen LogP contribution is 2.45. The third-order valence-electron chi connectivity index (χ3n) is 15.2. The molecule has 0 rings (SSSR count). The van der Waals surface area contributed by atoms with Gasteiger partial charge < -0.3 is 33.8 Å². The number of ether oxygens (including phenoxy) is 4. The van der Waals surface area contributed by atoms with Crippen LogP contribution in [-0.2, 0) is 65.4 Å². The summed E-state index contributed by atoms with van der Waals surface area (Å²) in [4.78, 5) is 72.3. The molecule has 19 heteroatoms. The molecule has 0 heterocycles. The maximum Gasteiger partial charge on any atom is 0.472 e. The Balaban J connectivity index is 5.29. The average Bonchev–Trinajstić information content (AvgIpc) is 3.61. The smallest absolute Gasteiger partial charge is 0.462 e. The first kappa shape index (κ1) is 82.5. The summed E-state index contributed by atoms with van der Waals surface area (Å²) in [6, 6.07) is 0. The summed E-state index contributed by atoms with van der Waals surface area (Å²) in [6.07, 6.45) is 41.3. The Labute approximate surface area is 516 Å². The van der Waals surface area contributed by atoms with Crippen LogP contribution in [0.3, 0.4) is 0 Å². The first-order valence-corrected chi connectivity index (χ1v) is 36.7. The summed E-state index contributed by atoms with van der Waals surface area (Å²) in [5.74, 6) is -0.0193. The molecular formula is C66H124O17P2. The number of phosphoric acid groups is 2. The van der Waals surface area contributed by atoms with E-state index in [-0.39, 0.29) is 25.7 Å². The van der Waals surface area contributed by atoms with Gasteiger partial charge in [-0.15, -0.1) is 0 Å². The van der Waals surface area contributed by atoms with Crippen LogP contribution in [0.1, 0.15) is 299 Å². The molecule has 0 saturated heterocycles. The second-order valence-corrected chi connectivity index (χ2v) is 27.0. The van der Waals surface area contributed by atoms with Gasteiger partial charge >= 0.3 is 39.5 Å². The zero-order chi connectivity index (χ0) is 63.1. The van der Waals surface area contributed by atoms with Gasteiger partial charge in [-0.3, -0.25) is 37.3 Å². The highest BCUT2D eigenvalue weighted by atomic mass is 31.2. The van der Waals surface area contributed by atoms with Crippen molar-refractivity contribution in [3.63, 3.8) is 0 Å². The van der Waals surface area contributed by atoms with E-state index in [9.17, 15) is 43.2 Å². The third kappa shape index (κ3) is 57.7. The van der Waals surface area contributed by atoms with Crippen molar-refractivity contribution in [2.75, 3.05) is 39.6 Å². The van der Waals surface area contributed by atoms with Gasteiger partial charge in [0.15, 0.2) is 12.2 Å². The summed E-state index contributed by atoms with van der Waals surface area (Å²) in [6.45, 7) is 11.6. The summed E-state index contributed by atoms with van der Waals surface area (Å²) in [5, 5.41) is 10.5. The van der Waals surface area contributed by atoms with Crippen LogP contribution >= 0.6 is 15.6 Å². The van der Waals surface area contributed by atoms with Gasteiger partial charge in [0, 0.05) is 25.7 Å². The largest absolute Gasteiger partial charge is 0.472 e. The molecule has 5 unspecified atom stereocenters. The van der Waals surface area contributed by atoms with Crippen LogP contribution in [0.5, 0.6) is 0 Å². The van der Waals surface area contributed by atoms with E-state index in [1.54, 1.807) is 0 Å². The first-order valence-electron chi connectivity index (χ1n) is 33.7. The predicted molar refractivity (Wildman–Crippen MR) is 340 cm³/mol. The first-order chi connectivity index (χ1) is 40.8. The lowest BCUT2D eigenvalue weighted by atomic mass is 10.00. The van der Waals surface area contributed by atoms with Gasteiger partial charge in [0.2, 0.25) is 0 Å². The minimum absolute atomic E-state index is 0.0833. The Hall–Kier alpha value is -2.46. The van der Waals surface area contributed by atoms with Crippen LogP contribution in [0.15, 0.2) is 24.3 Å². The molecule has 0 aliphatic rings. The van der Waals surface area contributed by atoms with Crippen LogP contribution in [0, 0.1) is 17.8 Å². The van der Waals surface area contributed by atoms with Crippen molar-refractivity contribution in [2.24, 2.45) is 17.8 Å². The molecule has 500 valence electrons. The molecule has 0 bridgehead atoms. The van der Waals surface area contributed by atoms with Gasteiger partial charge in [0.25, 0.3) is 0 Å². The molecule has 0 aromatic heterocycles. The average molecular weight is 1250 g/mol. The Kier molecular flexibility index (Phi) is 55.1. The second-order valence-electron chi connectivity index (χ2n) is 24.1. The lowest BCUT2D eigenvalue weighted by molar-refractivity contribution is -0.161. The molecule has 0 amide bonds. The van der Waals surface area contributed by atoms with E-state index in [0.717, 1.165) is 127 Å². The minimum atomic E-state index is -4.96. The van der Waals surface area contributed by atoms with Gasteiger partial charge in [-0.2, -0.15) is 0 Å². The van der Waals surface area contributed by atoms with Gasteiger partial charge in [0.1, 0.15) is 19.3 Å². The zero-order valence-corrected chi connectivity index (χ0v) is 56.3. The van der Waals surface area contributed by atoms with Gasteiger partial charge in [0.05, 0.1) is 26.4 Å². The number of carbonyl (C=O) groups excluding carboxylic acids is 4. The van der Waals surface area contributed by atoms with Gasteiger partial charge in [-0.1, -0.05) is 246 Å². The molecule has 7 atom stereocenters. The quantitative estimate of drug-likeness (QED) is 0.0169. The third-order valence-corrected chi connectivity index (χ3v) is 17.1. The molecule has 0 spiro atoms. The Morgan fingerprint density at radius 3 is 1.05 bits per heavy atom. The molecule has 0 aliphatic heterocycles. The van der Waals surface area contributed by atoms with Crippen LogP contribution in [0.25, 0.3) is 0 Å². The maximum absolute atomic E-state index is 13.0. The molecule has 3 N–H and O–H groups in total. The summed E-state index contributed by atoms with van der Waals surface area (Å²) in [5.41, 5.74) is 0.